The minimum atomic E-state index is -2.89. The Labute approximate surface area is 110 Å². The number of hydrogen-bond acceptors (Lipinski definition) is 5. The number of alkyl halides is 2. The molecule has 7 heteroatoms. The van der Waals surface area contributed by atoms with Crippen LogP contribution in [0.2, 0.25) is 0 Å². The molecule has 0 fully saturated rings. The first kappa shape index (κ1) is 15.5. The van der Waals surface area contributed by atoms with Crippen molar-refractivity contribution < 1.29 is 27.7 Å². The molecule has 0 unspecified atom stereocenters. The largest absolute Gasteiger partial charge is 0.497 e. The van der Waals surface area contributed by atoms with Gasteiger partial charge in [0, 0.05) is 20.3 Å². The summed E-state index contributed by atoms with van der Waals surface area (Å²) in [5.41, 5.74) is 0.374. The summed E-state index contributed by atoms with van der Waals surface area (Å²) in [5.74, 6) is 0.553. The molecule has 0 aliphatic heterocycles. The van der Waals surface area contributed by atoms with E-state index in [2.05, 4.69) is 10.1 Å². The maximum Gasteiger partial charge on any atom is 0.387 e. The molecular weight excluding hydrogens is 260 g/mol. The van der Waals surface area contributed by atoms with Crippen molar-refractivity contribution >= 4 is 5.69 Å². The number of methoxy groups -OCH3 is 3. The maximum absolute atomic E-state index is 12.3. The normalized spacial score (nSPS) is 10.9. The molecule has 0 radical (unpaired) electrons. The van der Waals surface area contributed by atoms with E-state index in [1.54, 1.807) is 6.07 Å². The monoisotopic (exact) mass is 277 g/mol. The van der Waals surface area contributed by atoms with E-state index in [4.69, 9.17) is 14.2 Å². The Kier molecular flexibility index (Phi) is 6.31. The van der Waals surface area contributed by atoms with Crippen LogP contribution in [0.1, 0.15) is 0 Å². The fourth-order valence-corrected chi connectivity index (χ4v) is 1.43. The Morgan fingerprint density at radius 1 is 1.16 bits per heavy atom. The third-order valence-electron chi connectivity index (χ3n) is 2.39. The summed E-state index contributed by atoms with van der Waals surface area (Å²) >= 11 is 0. The standard InChI is InChI=1S/C12H17F2NO4/c1-16-8-4-5-10(19-12(13)14)9(6-8)15-7-11(17-2)18-3/h4-6,11-12,15H,7H2,1-3H3. The van der Waals surface area contributed by atoms with Gasteiger partial charge in [0.05, 0.1) is 19.3 Å². The van der Waals surface area contributed by atoms with Crippen LogP contribution in [0.3, 0.4) is 0 Å². The van der Waals surface area contributed by atoms with E-state index >= 15 is 0 Å². The summed E-state index contributed by atoms with van der Waals surface area (Å²) in [6.45, 7) is -2.62. The van der Waals surface area contributed by atoms with Crippen molar-refractivity contribution in [2.75, 3.05) is 33.2 Å². The molecule has 0 atom stereocenters. The molecule has 0 spiro atoms. The lowest BCUT2D eigenvalue weighted by atomic mass is 10.2. The Hall–Kier alpha value is -1.60. The molecule has 0 saturated heterocycles. The molecule has 0 heterocycles. The van der Waals surface area contributed by atoms with Crippen LogP contribution in [-0.4, -0.2) is 40.8 Å². The Morgan fingerprint density at radius 3 is 2.37 bits per heavy atom. The summed E-state index contributed by atoms with van der Waals surface area (Å²) in [5, 5.41) is 2.91. The van der Waals surface area contributed by atoms with Crippen LogP contribution < -0.4 is 14.8 Å². The lowest BCUT2D eigenvalue weighted by Crippen LogP contribution is -2.24. The summed E-state index contributed by atoms with van der Waals surface area (Å²) in [4.78, 5) is 0. The molecule has 5 nitrogen and oxygen atoms in total. The van der Waals surface area contributed by atoms with Crippen LogP contribution in [-0.2, 0) is 9.47 Å². The highest BCUT2D eigenvalue weighted by atomic mass is 19.3. The molecule has 19 heavy (non-hydrogen) atoms. The van der Waals surface area contributed by atoms with E-state index in [1.165, 1.54) is 33.5 Å². The highest BCUT2D eigenvalue weighted by molar-refractivity contribution is 5.59. The van der Waals surface area contributed by atoms with Crippen molar-refractivity contribution in [2.45, 2.75) is 12.9 Å². The third-order valence-corrected chi connectivity index (χ3v) is 2.39. The van der Waals surface area contributed by atoms with Gasteiger partial charge in [-0.2, -0.15) is 8.78 Å². The SMILES string of the molecule is COc1ccc(OC(F)F)c(NCC(OC)OC)c1. The van der Waals surface area contributed by atoms with Crippen molar-refractivity contribution in [2.24, 2.45) is 0 Å². The van der Waals surface area contributed by atoms with E-state index in [-0.39, 0.29) is 12.3 Å². The molecule has 1 rings (SSSR count). The van der Waals surface area contributed by atoms with E-state index in [0.29, 0.717) is 11.4 Å². The molecule has 0 amide bonds. The Bertz CT molecular complexity index is 386. The van der Waals surface area contributed by atoms with Crippen LogP contribution in [0, 0.1) is 0 Å². The number of benzene rings is 1. The smallest absolute Gasteiger partial charge is 0.387 e. The van der Waals surface area contributed by atoms with Crippen LogP contribution in [0.25, 0.3) is 0 Å². The zero-order valence-electron chi connectivity index (χ0n) is 11.0. The van der Waals surface area contributed by atoms with Gasteiger partial charge in [0.25, 0.3) is 0 Å². The van der Waals surface area contributed by atoms with Gasteiger partial charge in [0.2, 0.25) is 0 Å². The van der Waals surface area contributed by atoms with Gasteiger partial charge in [0.15, 0.2) is 6.29 Å². The molecule has 0 bridgehead atoms. The van der Waals surface area contributed by atoms with Gasteiger partial charge < -0.3 is 24.3 Å². The zero-order chi connectivity index (χ0) is 14.3. The lowest BCUT2D eigenvalue weighted by Gasteiger charge is -2.17. The second-order valence-electron chi connectivity index (χ2n) is 3.52. The first-order valence-corrected chi connectivity index (χ1v) is 5.53. The predicted molar refractivity (Wildman–Crippen MR) is 65.9 cm³/mol. The molecule has 0 aliphatic carbocycles. The van der Waals surface area contributed by atoms with Crippen molar-refractivity contribution in [1.29, 1.82) is 0 Å². The number of nitrogens with one attached hydrogen (secondary N) is 1. The number of hydrogen-bond donors (Lipinski definition) is 1. The molecule has 1 aromatic rings. The molecule has 1 aromatic carbocycles. The van der Waals surface area contributed by atoms with Crippen LogP contribution in [0.15, 0.2) is 18.2 Å². The quantitative estimate of drug-likeness (QED) is 0.739. The van der Waals surface area contributed by atoms with Crippen molar-refractivity contribution in [3.8, 4) is 11.5 Å². The van der Waals surface area contributed by atoms with E-state index < -0.39 is 12.9 Å². The second kappa shape index (κ2) is 7.75. The van der Waals surface area contributed by atoms with Gasteiger partial charge >= 0.3 is 6.61 Å². The topological polar surface area (TPSA) is 49.0 Å². The zero-order valence-corrected chi connectivity index (χ0v) is 11.0. The number of rotatable bonds is 8. The second-order valence-corrected chi connectivity index (χ2v) is 3.52. The lowest BCUT2D eigenvalue weighted by molar-refractivity contribution is -0.0914. The highest BCUT2D eigenvalue weighted by Gasteiger charge is 2.12. The summed E-state index contributed by atoms with van der Waals surface area (Å²) in [6, 6.07) is 4.50. The van der Waals surface area contributed by atoms with Crippen molar-refractivity contribution in [3.05, 3.63) is 18.2 Å². The van der Waals surface area contributed by atoms with Crippen molar-refractivity contribution in [1.82, 2.24) is 0 Å². The molecular formula is C12H17F2NO4. The number of halogens is 2. The van der Waals surface area contributed by atoms with Crippen LogP contribution in [0.4, 0.5) is 14.5 Å². The highest BCUT2D eigenvalue weighted by Crippen LogP contribution is 2.30. The molecule has 0 aromatic heterocycles. The molecule has 0 saturated carbocycles. The minimum Gasteiger partial charge on any atom is -0.497 e. The fourth-order valence-electron chi connectivity index (χ4n) is 1.43. The first-order chi connectivity index (χ1) is 9.10. The predicted octanol–water partition coefficient (Wildman–Crippen LogP) is 2.33. The number of ether oxygens (including phenoxy) is 4. The van der Waals surface area contributed by atoms with Crippen LogP contribution in [0.5, 0.6) is 11.5 Å². The third kappa shape index (κ3) is 4.88. The van der Waals surface area contributed by atoms with Gasteiger partial charge in [-0.25, -0.2) is 0 Å². The van der Waals surface area contributed by atoms with Crippen LogP contribution >= 0.6 is 0 Å². The summed E-state index contributed by atoms with van der Waals surface area (Å²) < 4.78 is 44.0. The minimum absolute atomic E-state index is 0.0294. The van der Waals surface area contributed by atoms with E-state index in [9.17, 15) is 8.78 Å². The summed E-state index contributed by atoms with van der Waals surface area (Å²) in [6.07, 6.45) is -0.495. The van der Waals surface area contributed by atoms with Gasteiger partial charge in [-0.3, -0.25) is 0 Å². The van der Waals surface area contributed by atoms with Gasteiger partial charge in [0.1, 0.15) is 11.5 Å². The van der Waals surface area contributed by atoms with Gasteiger partial charge in [-0.15, -0.1) is 0 Å². The molecule has 108 valence electrons. The Balaban J connectivity index is 2.81. The Morgan fingerprint density at radius 2 is 1.84 bits per heavy atom. The van der Waals surface area contributed by atoms with Gasteiger partial charge in [-0.05, 0) is 12.1 Å². The summed E-state index contributed by atoms with van der Waals surface area (Å²) in [7, 11) is 4.45. The van der Waals surface area contributed by atoms with E-state index in [1.807, 2.05) is 0 Å². The van der Waals surface area contributed by atoms with E-state index in [0.717, 1.165) is 0 Å². The average Bonchev–Trinajstić information content (AvgIpc) is 2.40. The average molecular weight is 277 g/mol. The van der Waals surface area contributed by atoms with Gasteiger partial charge in [-0.1, -0.05) is 0 Å². The number of anilines is 1. The fraction of sp³-hybridized carbons (Fsp3) is 0.500. The molecule has 0 aliphatic rings. The maximum atomic E-state index is 12.3. The van der Waals surface area contributed by atoms with Crippen molar-refractivity contribution in [3.63, 3.8) is 0 Å². The molecule has 1 N–H and O–H groups in total. The first-order valence-electron chi connectivity index (χ1n) is 5.53.